The minimum atomic E-state index is 0.859. The Bertz CT molecular complexity index is 3640. The molecule has 1 heterocycles. The van der Waals surface area contributed by atoms with Gasteiger partial charge in [0.25, 0.3) is 0 Å². The highest BCUT2D eigenvalue weighted by atomic mass is 16.3. The monoisotopic (exact) mass is 815 g/mol. The predicted octanol–water partition coefficient (Wildman–Crippen LogP) is 17.7. The SMILES string of the molecule is c1ccc(-c2cccc(-c3ccccc3-c3ccc(N(c4ccc(-c5cccc6cccc(-c7ccccc7)c56)cc4)c4ccc5c(c4)oc4c6ccccc6ccc54)cc3)c2)cc1. The van der Waals surface area contributed by atoms with Gasteiger partial charge in [0.1, 0.15) is 11.2 Å². The topological polar surface area (TPSA) is 16.4 Å². The predicted molar refractivity (Wildman–Crippen MR) is 271 cm³/mol. The second kappa shape index (κ2) is 15.8. The molecule has 0 bridgehead atoms. The maximum atomic E-state index is 6.74. The Labute approximate surface area is 372 Å². The smallest absolute Gasteiger partial charge is 0.143 e. The van der Waals surface area contributed by atoms with Crippen molar-refractivity contribution in [1.29, 1.82) is 0 Å². The van der Waals surface area contributed by atoms with Crippen LogP contribution in [0.15, 0.2) is 253 Å². The van der Waals surface area contributed by atoms with Gasteiger partial charge in [-0.05, 0) is 120 Å². The third-order valence-corrected chi connectivity index (χ3v) is 12.7. The quantitative estimate of drug-likeness (QED) is 0.152. The lowest BCUT2D eigenvalue weighted by molar-refractivity contribution is 0.672. The van der Waals surface area contributed by atoms with Gasteiger partial charge < -0.3 is 9.32 Å². The molecule has 2 heteroatoms. The van der Waals surface area contributed by atoms with Gasteiger partial charge in [-0.3, -0.25) is 0 Å². The number of rotatable bonds is 8. The first-order chi connectivity index (χ1) is 31.7. The van der Waals surface area contributed by atoms with Crippen molar-refractivity contribution in [3.63, 3.8) is 0 Å². The highest BCUT2D eigenvalue weighted by Gasteiger charge is 2.19. The minimum absolute atomic E-state index is 0.859. The Morgan fingerprint density at radius 3 is 1.45 bits per heavy atom. The molecule has 12 aromatic rings. The number of hydrogen-bond donors (Lipinski definition) is 0. The summed E-state index contributed by atoms with van der Waals surface area (Å²) in [5.41, 5.74) is 16.9. The summed E-state index contributed by atoms with van der Waals surface area (Å²) in [7, 11) is 0. The van der Waals surface area contributed by atoms with Gasteiger partial charge in [-0.1, -0.05) is 194 Å². The van der Waals surface area contributed by atoms with E-state index in [4.69, 9.17) is 4.42 Å². The summed E-state index contributed by atoms with van der Waals surface area (Å²) in [5.74, 6) is 0. The first kappa shape index (κ1) is 37.3. The minimum Gasteiger partial charge on any atom is -0.455 e. The summed E-state index contributed by atoms with van der Waals surface area (Å²) in [6.07, 6.45) is 0. The lowest BCUT2D eigenvalue weighted by Gasteiger charge is -2.26. The molecule has 0 unspecified atom stereocenters. The van der Waals surface area contributed by atoms with E-state index in [1.807, 2.05) is 0 Å². The Morgan fingerprint density at radius 1 is 0.266 bits per heavy atom. The van der Waals surface area contributed by atoms with Gasteiger partial charge in [0, 0.05) is 39.3 Å². The molecule has 11 aromatic carbocycles. The van der Waals surface area contributed by atoms with Gasteiger partial charge in [-0.15, -0.1) is 0 Å². The summed E-state index contributed by atoms with van der Waals surface area (Å²) in [4.78, 5) is 2.34. The molecule has 0 radical (unpaired) electrons. The summed E-state index contributed by atoms with van der Waals surface area (Å²) < 4.78 is 6.74. The van der Waals surface area contributed by atoms with Crippen LogP contribution in [0.2, 0.25) is 0 Å². The van der Waals surface area contributed by atoms with E-state index in [-0.39, 0.29) is 0 Å². The van der Waals surface area contributed by atoms with Gasteiger partial charge in [-0.25, -0.2) is 0 Å². The van der Waals surface area contributed by atoms with Crippen LogP contribution in [-0.2, 0) is 0 Å². The lowest BCUT2D eigenvalue weighted by atomic mass is 9.91. The molecule has 0 aliphatic rings. The van der Waals surface area contributed by atoms with Crippen molar-refractivity contribution >= 4 is 60.5 Å². The first-order valence-corrected chi connectivity index (χ1v) is 21.9. The molecule has 0 saturated heterocycles. The second-order valence-corrected chi connectivity index (χ2v) is 16.4. The number of fused-ring (bicyclic) bond motifs is 6. The van der Waals surface area contributed by atoms with Gasteiger partial charge in [0.2, 0.25) is 0 Å². The Morgan fingerprint density at radius 2 is 0.750 bits per heavy atom. The summed E-state index contributed by atoms with van der Waals surface area (Å²) >= 11 is 0. The van der Waals surface area contributed by atoms with E-state index in [9.17, 15) is 0 Å². The fraction of sp³-hybridized carbons (Fsp3) is 0. The van der Waals surface area contributed by atoms with Crippen LogP contribution in [0, 0.1) is 0 Å². The van der Waals surface area contributed by atoms with Gasteiger partial charge in [-0.2, -0.15) is 0 Å². The fourth-order valence-corrected chi connectivity index (χ4v) is 9.58. The number of hydrogen-bond acceptors (Lipinski definition) is 2. The highest BCUT2D eigenvalue weighted by molar-refractivity contribution is 6.15. The summed E-state index contributed by atoms with van der Waals surface area (Å²) in [6.45, 7) is 0. The molecule has 0 aliphatic heterocycles. The van der Waals surface area contributed by atoms with E-state index in [2.05, 4.69) is 254 Å². The largest absolute Gasteiger partial charge is 0.455 e. The zero-order valence-electron chi connectivity index (χ0n) is 35.0. The normalized spacial score (nSPS) is 11.4. The molecule has 0 saturated carbocycles. The zero-order valence-corrected chi connectivity index (χ0v) is 35.0. The molecule has 0 N–H and O–H groups in total. The van der Waals surface area contributed by atoms with E-state index in [0.717, 1.165) is 50.0 Å². The van der Waals surface area contributed by atoms with Crippen LogP contribution in [0.3, 0.4) is 0 Å². The number of furan rings is 1. The Balaban J connectivity index is 0.968. The van der Waals surface area contributed by atoms with E-state index in [1.165, 1.54) is 66.2 Å². The molecule has 0 spiro atoms. The number of benzene rings is 11. The molecular weight excluding hydrogens is 775 g/mol. The molecular formula is C62H41NO. The van der Waals surface area contributed by atoms with Crippen LogP contribution in [0.1, 0.15) is 0 Å². The van der Waals surface area contributed by atoms with Crippen LogP contribution < -0.4 is 4.90 Å². The van der Waals surface area contributed by atoms with E-state index in [1.54, 1.807) is 0 Å². The molecule has 64 heavy (non-hydrogen) atoms. The van der Waals surface area contributed by atoms with E-state index in [0.29, 0.717) is 0 Å². The zero-order chi connectivity index (χ0) is 42.4. The van der Waals surface area contributed by atoms with Crippen molar-refractivity contribution in [3.8, 4) is 55.6 Å². The van der Waals surface area contributed by atoms with Gasteiger partial charge >= 0.3 is 0 Å². The average molecular weight is 816 g/mol. The van der Waals surface area contributed by atoms with Crippen molar-refractivity contribution in [2.45, 2.75) is 0 Å². The fourth-order valence-electron chi connectivity index (χ4n) is 9.58. The molecule has 0 fully saturated rings. The Kier molecular flexibility index (Phi) is 9.20. The maximum Gasteiger partial charge on any atom is 0.143 e. The first-order valence-electron chi connectivity index (χ1n) is 21.9. The summed E-state index contributed by atoms with van der Waals surface area (Å²) in [6, 6.07) is 89.5. The van der Waals surface area contributed by atoms with E-state index >= 15 is 0 Å². The molecule has 0 aliphatic carbocycles. The molecule has 1 aromatic heterocycles. The van der Waals surface area contributed by atoms with Crippen LogP contribution in [0.25, 0.3) is 99.1 Å². The van der Waals surface area contributed by atoms with E-state index < -0.39 is 0 Å². The van der Waals surface area contributed by atoms with Crippen LogP contribution >= 0.6 is 0 Å². The molecule has 0 amide bonds. The summed E-state index contributed by atoms with van der Waals surface area (Å²) in [5, 5.41) is 7.00. The molecule has 0 atom stereocenters. The van der Waals surface area contributed by atoms with Crippen molar-refractivity contribution in [1.82, 2.24) is 0 Å². The van der Waals surface area contributed by atoms with Crippen molar-refractivity contribution in [3.05, 3.63) is 249 Å². The highest BCUT2D eigenvalue weighted by Crippen LogP contribution is 2.43. The third kappa shape index (κ3) is 6.61. The molecule has 12 rings (SSSR count). The van der Waals surface area contributed by atoms with Crippen molar-refractivity contribution in [2.24, 2.45) is 0 Å². The molecule has 300 valence electrons. The van der Waals surface area contributed by atoms with Crippen molar-refractivity contribution in [2.75, 3.05) is 4.90 Å². The number of anilines is 3. The van der Waals surface area contributed by atoms with Gasteiger partial charge in [0.15, 0.2) is 0 Å². The van der Waals surface area contributed by atoms with Crippen LogP contribution in [0.4, 0.5) is 17.1 Å². The Hall–Kier alpha value is -8.46. The average Bonchev–Trinajstić information content (AvgIpc) is 3.76. The van der Waals surface area contributed by atoms with Crippen LogP contribution in [-0.4, -0.2) is 0 Å². The molecule has 2 nitrogen and oxygen atoms in total. The standard InChI is InChI=1S/C62H41NO/c1-3-14-42(15-4-1)48-21-11-22-49(40-48)54-24-10-9-23-53(54)45-28-33-50(34-29-45)63(52-37-39-58-59-38-32-44-18-7-8-25-57(44)62(59)64-60(58)41-52)51-35-30-46(31-36-51)56-27-13-20-47-19-12-26-55(61(47)56)43-16-5-2-6-17-43/h1-41H. The maximum absolute atomic E-state index is 6.74. The van der Waals surface area contributed by atoms with Gasteiger partial charge in [0.05, 0.1) is 0 Å². The lowest BCUT2D eigenvalue weighted by Crippen LogP contribution is -2.09. The van der Waals surface area contributed by atoms with Crippen molar-refractivity contribution < 1.29 is 4.42 Å². The third-order valence-electron chi connectivity index (χ3n) is 12.7. The van der Waals surface area contributed by atoms with Crippen LogP contribution in [0.5, 0.6) is 0 Å². The second-order valence-electron chi connectivity index (χ2n) is 16.4. The number of nitrogens with zero attached hydrogens (tertiary/aromatic N) is 1.